The lowest BCUT2D eigenvalue weighted by atomic mass is 10.0. The van der Waals surface area contributed by atoms with Gasteiger partial charge in [-0.3, -0.25) is 9.59 Å². The minimum Gasteiger partial charge on any atom is -0.361 e. The highest BCUT2D eigenvalue weighted by Crippen LogP contribution is 2.40. The lowest BCUT2D eigenvalue weighted by Crippen LogP contribution is -2.44. The molecule has 0 bridgehead atoms. The minimum atomic E-state index is -0.175. The maximum atomic E-state index is 12.9. The van der Waals surface area contributed by atoms with Gasteiger partial charge in [-0.1, -0.05) is 24.3 Å². The molecular formula is C19H19N3O2. The van der Waals surface area contributed by atoms with E-state index in [4.69, 9.17) is 0 Å². The maximum absolute atomic E-state index is 12.9. The van der Waals surface area contributed by atoms with Crippen LogP contribution in [-0.2, 0) is 4.79 Å². The van der Waals surface area contributed by atoms with Crippen LogP contribution in [0, 0.1) is 0 Å². The summed E-state index contributed by atoms with van der Waals surface area (Å²) >= 11 is 0. The van der Waals surface area contributed by atoms with Gasteiger partial charge in [0.1, 0.15) is 6.17 Å². The van der Waals surface area contributed by atoms with Gasteiger partial charge < -0.3 is 15.5 Å². The Morgan fingerprint density at radius 1 is 1.12 bits per heavy atom. The molecule has 4 rings (SSSR count). The van der Waals surface area contributed by atoms with Crippen molar-refractivity contribution in [2.24, 2.45) is 0 Å². The molecule has 2 aromatic carbocycles. The minimum absolute atomic E-state index is 0.0859. The summed E-state index contributed by atoms with van der Waals surface area (Å²) < 4.78 is 0. The quantitative estimate of drug-likeness (QED) is 0.911. The van der Waals surface area contributed by atoms with Crippen LogP contribution in [0.15, 0.2) is 48.5 Å². The van der Waals surface area contributed by atoms with E-state index in [1.807, 2.05) is 53.4 Å². The number of nitrogens with zero attached hydrogens (tertiary/aromatic N) is 1. The predicted molar refractivity (Wildman–Crippen MR) is 92.7 cm³/mol. The van der Waals surface area contributed by atoms with Crippen molar-refractivity contribution in [3.8, 4) is 0 Å². The summed E-state index contributed by atoms with van der Waals surface area (Å²) in [4.78, 5) is 26.0. The van der Waals surface area contributed by atoms with Crippen LogP contribution in [0.25, 0.3) is 0 Å². The number of nitrogens with one attached hydrogen (secondary N) is 2. The Balaban J connectivity index is 1.68. The van der Waals surface area contributed by atoms with Crippen molar-refractivity contribution in [2.45, 2.75) is 32.0 Å². The highest BCUT2D eigenvalue weighted by atomic mass is 16.2. The van der Waals surface area contributed by atoms with Gasteiger partial charge in [0.25, 0.3) is 5.91 Å². The second kappa shape index (κ2) is 5.67. The molecule has 1 saturated carbocycles. The van der Waals surface area contributed by atoms with Gasteiger partial charge >= 0.3 is 0 Å². The number of carbonyl (C=O) groups excluding carboxylic acids is 2. The zero-order valence-corrected chi connectivity index (χ0v) is 13.5. The van der Waals surface area contributed by atoms with Crippen molar-refractivity contribution in [3.05, 3.63) is 59.7 Å². The number of hydrogen-bond donors (Lipinski definition) is 2. The van der Waals surface area contributed by atoms with E-state index < -0.39 is 0 Å². The van der Waals surface area contributed by atoms with Crippen molar-refractivity contribution in [1.29, 1.82) is 0 Å². The second-order valence-corrected chi connectivity index (χ2v) is 6.34. The van der Waals surface area contributed by atoms with Crippen LogP contribution in [0.1, 0.15) is 41.9 Å². The molecule has 0 aromatic heterocycles. The molecule has 0 radical (unpaired) electrons. The number of benzene rings is 2. The van der Waals surface area contributed by atoms with E-state index in [1.54, 1.807) is 0 Å². The van der Waals surface area contributed by atoms with Gasteiger partial charge in [-0.05, 0) is 42.7 Å². The molecule has 1 unspecified atom stereocenters. The molecule has 24 heavy (non-hydrogen) atoms. The third-order valence-electron chi connectivity index (χ3n) is 4.45. The van der Waals surface area contributed by atoms with Gasteiger partial charge in [-0.15, -0.1) is 0 Å². The van der Waals surface area contributed by atoms with Gasteiger partial charge in [-0.2, -0.15) is 0 Å². The lowest BCUT2D eigenvalue weighted by Gasteiger charge is -2.38. The van der Waals surface area contributed by atoms with E-state index in [-0.39, 0.29) is 18.0 Å². The Hall–Kier alpha value is -2.82. The smallest absolute Gasteiger partial charge is 0.258 e. The molecule has 1 aliphatic carbocycles. The summed E-state index contributed by atoms with van der Waals surface area (Å²) in [5.74, 6) is -0.00922. The summed E-state index contributed by atoms with van der Waals surface area (Å²) in [6.45, 7) is 1.49. The molecule has 1 aliphatic heterocycles. The van der Waals surface area contributed by atoms with Crippen LogP contribution >= 0.6 is 0 Å². The van der Waals surface area contributed by atoms with Crippen molar-refractivity contribution >= 4 is 23.2 Å². The summed E-state index contributed by atoms with van der Waals surface area (Å²) in [6, 6.07) is 15.6. The number of hydrogen-bond acceptors (Lipinski definition) is 3. The van der Waals surface area contributed by atoms with E-state index in [1.165, 1.54) is 6.92 Å². The van der Waals surface area contributed by atoms with Gasteiger partial charge in [0.15, 0.2) is 0 Å². The molecule has 0 spiro atoms. The van der Waals surface area contributed by atoms with Crippen LogP contribution in [0.3, 0.4) is 0 Å². The highest BCUT2D eigenvalue weighted by molar-refractivity contribution is 6.02. The normalized spacial score (nSPS) is 19.5. The lowest BCUT2D eigenvalue weighted by molar-refractivity contribution is -0.114. The first-order chi connectivity index (χ1) is 11.6. The Kier molecular flexibility index (Phi) is 3.49. The molecule has 5 nitrogen and oxygen atoms in total. The molecule has 2 amide bonds. The fourth-order valence-electron chi connectivity index (χ4n) is 3.19. The van der Waals surface area contributed by atoms with E-state index in [0.717, 1.165) is 35.3 Å². The molecule has 2 aromatic rings. The number of carbonyl (C=O) groups is 2. The Bertz CT molecular complexity index is 797. The van der Waals surface area contributed by atoms with Crippen molar-refractivity contribution in [1.82, 2.24) is 4.90 Å². The Morgan fingerprint density at radius 2 is 1.83 bits per heavy atom. The first-order valence-corrected chi connectivity index (χ1v) is 8.19. The maximum Gasteiger partial charge on any atom is 0.258 e. The van der Waals surface area contributed by atoms with Gasteiger partial charge in [-0.25, -0.2) is 0 Å². The van der Waals surface area contributed by atoms with E-state index in [2.05, 4.69) is 10.6 Å². The largest absolute Gasteiger partial charge is 0.361 e. The molecule has 122 valence electrons. The van der Waals surface area contributed by atoms with E-state index in [9.17, 15) is 9.59 Å². The average Bonchev–Trinajstić information content (AvgIpc) is 3.40. The first kappa shape index (κ1) is 14.8. The van der Waals surface area contributed by atoms with Gasteiger partial charge in [0.2, 0.25) is 5.91 Å². The number of fused-ring (bicyclic) bond motifs is 1. The molecule has 2 aliphatic rings. The molecule has 1 fully saturated rings. The van der Waals surface area contributed by atoms with Crippen LogP contribution in [0.4, 0.5) is 11.4 Å². The van der Waals surface area contributed by atoms with Crippen LogP contribution < -0.4 is 10.6 Å². The van der Waals surface area contributed by atoms with Crippen LogP contribution in [0.5, 0.6) is 0 Å². The predicted octanol–water partition coefficient (Wildman–Crippen LogP) is 3.37. The van der Waals surface area contributed by atoms with Gasteiger partial charge in [0.05, 0.1) is 5.56 Å². The zero-order chi connectivity index (χ0) is 16.7. The monoisotopic (exact) mass is 321 g/mol. The third kappa shape index (κ3) is 2.62. The molecule has 2 N–H and O–H groups in total. The number of rotatable bonds is 3. The Morgan fingerprint density at radius 3 is 2.50 bits per heavy atom. The third-order valence-corrected chi connectivity index (χ3v) is 4.45. The molecule has 1 atom stereocenters. The molecule has 0 saturated heterocycles. The van der Waals surface area contributed by atoms with E-state index >= 15 is 0 Å². The fraction of sp³-hybridized carbons (Fsp3) is 0.263. The number of amides is 2. The van der Waals surface area contributed by atoms with Crippen molar-refractivity contribution in [3.63, 3.8) is 0 Å². The molecule has 1 heterocycles. The van der Waals surface area contributed by atoms with Crippen molar-refractivity contribution in [2.75, 3.05) is 10.6 Å². The number of anilines is 2. The van der Waals surface area contributed by atoms with Crippen LogP contribution in [-0.4, -0.2) is 22.8 Å². The summed E-state index contributed by atoms with van der Waals surface area (Å²) in [5.41, 5.74) is 3.37. The fourth-order valence-corrected chi connectivity index (χ4v) is 3.19. The zero-order valence-electron chi connectivity index (χ0n) is 13.5. The highest BCUT2D eigenvalue weighted by Gasteiger charge is 2.41. The molecule has 5 heteroatoms. The second-order valence-electron chi connectivity index (χ2n) is 6.34. The topological polar surface area (TPSA) is 61.4 Å². The summed E-state index contributed by atoms with van der Waals surface area (Å²) in [6.07, 6.45) is 1.93. The summed E-state index contributed by atoms with van der Waals surface area (Å²) in [5, 5.41) is 6.26. The SMILES string of the molecule is CC(=O)Nc1ccc(C2Nc3ccccc3C(=O)N2C2CC2)cc1. The molecular weight excluding hydrogens is 302 g/mol. The summed E-state index contributed by atoms with van der Waals surface area (Å²) in [7, 11) is 0. The van der Waals surface area contributed by atoms with E-state index in [0.29, 0.717) is 6.04 Å². The average molecular weight is 321 g/mol. The first-order valence-electron chi connectivity index (χ1n) is 8.19. The Labute approximate surface area is 140 Å². The number of para-hydroxylation sites is 1. The van der Waals surface area contributed by atoms with Crippen LogP contribution in [0.2, 0.25) is 0 Å². The van der Waals surface area contributed by atoms with Crippen molar-refractivity contribution < 1.29 is 9.59 Å². The van der Waals surface area contributed by atoms with Gasteiger partial charge in [0, 0.05) is 24.3 Å². The standard InChI is InChI=1S/C19H19N3O2/c1-12(23)20-14-8-6-13(7-9-14)18-21-17-5-3-2-4-16(17)19(24)22(18)15-10-11-15/h2-9,15,18,21H,10-11H2,1H3,(H,20,23).